The van der Waals surface area contributed by atoms with E-state index in [0.717, 1.165) is 5.56 Å². The average Bonchev–Trinajstić information content (AvgIpc) is 2.59. The maximum Gasteiger partial charge on any atom is 0.317 e. The number of carbonyl (C=O) groups is 2. The van der Waals surface area contributed by atoms with Gasteiger partial charge < -0.3 is 24.8 Å². The highest BCUT2D eigenvalue weighted by molar-refractivity contribution is 5.75. The molecule has 1 aliphatic heterocycles. The maximum atomic E-state index is 12.9. The number of amides is 2. The lowest BCUT2D eigenvalue weighted by Crippen LogP contribution is -2.59. The normalized spacial score (nSPS) is 20.1. The molecule has 2 atom stereocenters. The average molecular weight is 378 g/mol. The zero-order valence-corrected chi connectivity index (χ0v) is 16.3. The largest absolute Gasteiger partial charge is 0.481 e. The quantitative estimate of drug-likeness (QED) is 0.725. The molecule has 0 saturated carbocycles. The predicted octanol–water partition coefficient (Wildman–Crippen LogP) is 2.30. The van der Waals surface area contributed by atoms with Gasteiger partial charge in [0.1, 0.15) is 0 Å². The molecule has 1 heterocycles. The lowest BCUT2D eigenvalue weighted by Gasteiger charge is -2.42. The van der Waals surface area contributed by atoms with Crippen molar-refractivity contribution in [3.05, 3.63) is 35.9 Å². The number of carboxylic acid groups (broad SMARTS) is 1. The van der Waals surface area contributed by atoms with Gasteiger partial charge in [0.25, 0.3) is 0 Å². The Bertz CT molecular complexity index is 620. The number of methoxy groups -OCH3 is 1. The molecule has 1 aromatic rings. The van der Waals surface area contributed by atoms with Crippen LogP contribution in [0, 0.1) is 0 Å². The van der Waals surface area contributed by atoms with E-state index in [0.29, 0.717) is 32.5 Å². The van der Waals surface area contributed by atoms with Gasteiger partial charge in [-0.15, -0.1) is 0 Å². The minimum absolute atomic E-state index is 0.0126. The van der Waals surface area contributed by atoms with Crippen LogP contribution in [0.4, 0.5) is 4.79 Å². The first-order chi connectivity index (χ1) is 12.8. The number of nitrogens with zero attached hydrogens (tertiary/aromatic N) is 1. The van der Waals surface area contributed by atoms with E-state index in [9.17, 15) is 9.59 Å². The van der Waals surface area contributed by atoms with Gasteiger partial charge in [-0.25, -0.2) is 4.79 Å². The number of ether oxygens (including phenoxy) is 2. The van der Waals surface area contributed by atoms with Gasteiger partial charge in [-0.3, -0.25) is 4.79 Å². The summed E-state index contributed by atoms with van der Waals surface area (Å²) in [4.78, 5) is 25.6. The second-order valence-corrected chi connectivity index (χ2v) is 7.60. The minimum Gasteiger partial charge on any atom is -0.481 e. The Balaban J connectivity index is 2.03. The highest BCUT2D eigenvalue weighted by atomic mass is 16.5. The lowest BCUT2D eigenvalue weighted by molar-refractivity contribution is -0.142. The summed E-state index contributed by atoms with van der Waals surface area (Å²) in [6, 6.07) is 9.32. The van der Waals surface area contributed by atoms with Crippen molar-refractivity contribution in [1.82, 2.24) is 10.2 Å². The second-order valence-electron chi connectivity index (χ2n) is 7.60. The zero-order valence-electron chi connectivity index (χ0n) is 16.3. The molecule has 0 radical (unpaired) electrons. The molecule has 7 heteroatoms. The number of aliphatic carboxylic acids is 1. The van der Waals surface area contributed by atoms with Crippen molar-refractivity contribution in [3.8, 4) is 0 Å². The van der Waals surface area contributed by atoms with Gasteiger partial charge in [-0.2, -0.15) is 0 Å². The fourth-order valence-corrected chi connectivity index (χ4v) is 3.41. The van der Waals surface area contributed by atoms with Crippen LogP contribution in [0.1, 0.15) is 32.3 Å². The topological polar surface area (TPSA) is 88.1 Å². The third-order valence-corrected chi connectivity index (χ3v) is 4.48. The summed E-state index contributed by atoms with van der Waals surface area (Å²) in [5.74, 6) is -0.866. The van der Waals surface area contributed by atoms with Crippen LogP contribution in [0.25, 0.3) is 0 Å². The van der Waals surface area contributed by atoms with Crippen molar-refractivity contribution in [3.63, 3.8) is 0 Å². The molecule has 27 heavy (non-hydrogen) atoms. The van der Waals surface area contributed by atoms with E-state index in [1.807, 2.05) is 44.2 Å². The van der Waals surface area contributed by atoms with Crippen LogP contribution in [0.2, 0.25) is 0 Å². The first kappa shape index (κ1) is 21.2. The Morgan fingerprint density at radius 2 is 2.07 bits per heavy atom. The lowest BCUT2D eigenvalue weighted by atomic mass is 10.0. The summed E-state index contributed by atoms with van der Waals surface area (Å²) in [7, 11) is 1.61. The van der Waals surface area contributed by atoms with E-state index in [2.05, 4.69) is 5.32 Å². The van der Waals surface area contributed by atoms with E-state index in [1.54, 1.807) is 12.0 Å². The molecule has 1 aromatic carbocycles. The highest BCUT2D eigenvalue weighted by Crippen LogP contribution is 2.21. The molecule has 2 amide bonds. The number of benzene rings is 1. The minimum atomic E-state index is -0.866. The Morgan fingerprint density at radius 3 is 2.70 bits per heavy atom. The summed E-state index contributed by atoms with van der Waals surface area (Å²) >= 11 is 0. The van der Waals surface area contributed by atoms with E-state index in [4.69, 9.17) is 14.6 Å². The van der Waals surface area contributed by atoms with Crippen molar-refractivity contribution in [2.24, 2.45) is 0 Å². The van der Waals surface area contributed by atoms with E-state index in [1.165, 1.54) is 0 Å². The summed E-state index contributed by atoms with van der Waals surface area (Å²) < 4.78 is 11.1. The molecule has 1 fully saturated rings. The Labute approximate surface area is 160 Å². The molecule has 1 saturated heterocycles. The molecule has 2 N–H and O–H groups in total. The third-order valence-electron chi connectivity index (χ3n) is 4.48. The molecule has 7 nitrogen and oxygen atoms in total. The first-order valence-corrected chi connectivity index (χ1v) is 9.27. The summed E-state index contributed by atoms with van der Waals surface area (Å²) in [5.41, 5.74) is 0.599. The SMILES string of the molecule is COCC1CN(C(=O)NC(CCC(=O)O)Cc2ccccc2)CC(C)(C)O1. The molecular formula is C20H30N2O5. The molecular weight excluding hydrogens is 348 g/mol. The highest BCUT2D eigenvalue weighted by Gasteiger charge is 2.36. The van der Waals surface area contributed by atoms with Gasteiger partial charge in [0.2, 0.25) is 0 Å². The molecule has 0 aromatic heterocycles. The van der Waals surface area contributed by atoms with Gasteiger partial charge in [-0.05, 0) is 32.3 Å². The van der Waals surface area contributed by atoms with Crippen molar-refractivity contribution in [2.75, 3.05) is 26.8 Å². The molecule has 2 rings (SSSR count). The number of carboxylic acids is 1. The van der Waals surface area contributed by atoms with Gasteiger partial charge in [0, 0.05) is 19.6 Å². The molecule has 0 bridgehead atoms. The zero-order chi connectivity index (χ0) is 19.9. The molecule has 1 aliphatic rings. The number of hydrogen-bond acceptors (Lipinski definition) is 4. The number of nitrogens with one attached hydrogen (secondary N) is 1. The van der Waals surface area contributed by atoms with Crippen LogP contribution in [0.3, 0.4) is 0 Å². The Morgan fingerprint density at radius 1 is 1.37 bits per heavy atom. The Kier molecular flexibility index (Phi) is 7.62. The van der Waals surface area contributed by atoms with Crippen LogP contribution in [-0.2, 0) is 20.7 Å². The standard InChI is InChI=1S/C20H30N2O5/c1-20(2)14-22(12-17(27-20)13-26-3)19(25)21-16(9-10-18(23)24)11-15-7-5-4-6-8-15/h4-8,16-17H,9-14H2,1-3H3,(H,21,25)(H,23,24). The fourth-order valence-electron chi connectivity index (χ4n) is 3.41. The molecule has 0 spiro atoms. The van der Waals surface area contributed by atoms with Crippen molar-refractivity contribution in [1.29, 1.82) is 0 Å². The van der Waals surface area contributed by atoms with Crippen LogP contribution >= 0.6 is 0 Å². The summed E-state index contributed by atoms with van der Waals surface area (Å²) in [6.45, 7) is 5.22. The van der Waals surface area contributed by atoms with Gasteiger partial charge >= 0.3 is 12.0 Å². The number of rotatable bonds is 8. The van der Waals surface area contributed by atoms with Gasteiger partial charge in [-0.1, -0.05) is 30.3 Å². The first-order valence-electron chi connectivity index (χ1n) is 9.27. The van der Waals surface area contributed by atoms with Crippen LogP contribution in [0.15, 0.2) is 30.3 Å². The predicted molar refractivity (Wildman–Crippen MR) is 102 cm³/mol. The van der Waals surface area contributed by atoms with E-state index in [-0.39, 0.29) is 24.6 Å². The Hall–Kier alpha value is -2.12. The van der Waals surface area contributed by atoms with Crippen LogP contribution < -0.4 is 5.32 Å². The molecule has 0 aliphatic carbocycles. The molecule has 2 unspecified atom stereocenters. The molecule has 150 valence electrons. The van der Waals surface area contributed by atoms with Crippen LogP contribution in [-0.4, -0.2) is 66.6 Å². The van der Waals surface area contributed by atoms with Crippen molar-refractivity contribution < 1.29 is 24.2 Å². The second kappa shape index (κ2) is 9.71. The summed E-state index contributed by atoms with van der Waals surface area (Å²) in [6.07, 6.45) is 0.801. The maximum absolute atomic E-state index is 12.9. The smallest absolute Gasteiger partial charge is 0.317 e. The monoisotopic (exact) mass is 378 g/mol. The summed E-state index contributed by atoms with van der Waals surface area (Å²) in [5, 5.41) is 12.0. The van der Waals surface area contributed by atoms with E-state index >= 15 is 0 Å². The number of morpholine rings is 1. The van der Waals surface area contributed by atoms with Gasteiger partial charge in [0.05, 0.1) is 31.4 Å². The number of urea groups is 1. The van der Waals surface area contributed by atoms with Crippen molar-refractivity contribution in [2.45, 2.75) is 50.9 Å². The number of carbonyl (C=O) groups excluding carboxylic acids is 1. The van der Waals surface area contributed by atoms with Crippen molar-refractivity contribution >= 4 is 12.0 Å². The number of hydrogen-bond donors (Lipinski definition) is 2. The van der Waals surface area contributed by atoms with Gasteiger partial charge in [0.15, 0.2) is 0 Å². The third kappa shape index (κ3) is 7.19. The van der Waals surface area contributed by atoms with Crippen LogP contribution in [0.5, 0.6) is 0 Å². The fraction of sp³-hybridized carbons (Fsp3) is 0.600. The van der Waals surface area contributed by atoms with E-state index < -0.39 is 11.6 Å².